The summed E-state index contributed by atoms with van der Waals surface area (Å²) >= 11 is 0. The number of nitrogens with zero attached hydrogens (tertiary/aromatic N) is 4. The highest BCUT2D eigenvalue weighted by molar-refractivity contribution is 5.88. The van der Waals surface area contributed by atoms with Crippen molar-refractivity contribution in [3.8, 4) is 22.6 Å². The zero-order valence-electron chi connectivity index (χ0n) is 22.0. The lowest BCUT2D eigenvalue weighted by atomic mass is 10.1. The van der Waals surface area contributed by atoms with E-state index in [2.05, 4.69) is 20.6 Å². The van der Waals surface area contributed by atoms with Crippen LogP contribution in [0.3, 0.4) is 0 Å². The largest absolute Gasteiger partial charge is 0.454 e. The second-order valence-corrected chi connectivity index (χ2v) is 9.64. The fourth-order valence-electron chi connectivity index (χ4n) is 4.43. The van der Waals surface area contributed by atoms with Gasteiger partial charge in [0.1, 0.15) is 17.4 Å². The Hall–Kier alpha value is -4.80. The number of carbonyl (C=O) groups excluding carboxylic acids is 1. The van der Waals surface area contributed by atoms with Gasteiger partial charge in [-0.25, -0.2) is 23.5 Å². The monoisotopic (exact) mass is 546 g/mol. The highest BCUT2D eigenvalue weighted by Crippen LogP contribution is 2.29. The van der Waals surface area contributed by atoms with Crippen LogP contribution in [0.15, 0.2) is 71.8 Å². The molecule has 0 bridgehead atoms. The van der Waals surface area contributed by atoms with Crippen LogP contribution in [-0.4, -0.2) is 38.6 Å². The number of ether oxygens (including phenoxy) is 1. The van der Waals surface area contributed by atoms with Crippen LogP contribution in [-0.2, 0) is 0 Å². The minimum atomic E-state index is -0.680. The number of carbonyl (C=O) groups is 1. The van der Waals surface area contributed by atoms with E-state index in [1.54, 1.807) is 29.2 Å². The smallest absolute Gasteiger partial charge is 0.323 e. The average molecular weight is 547 g/mol. The number of hydrogen-bond donors (Lipinski definition) is 2. The summed E-state index contributed by atoms with van der Waals surface area (Å²) < 4.78 is 35.6. The molecule has 0 atom stereocenters. The van der Waals surface area contributed by atoms with Crippen LogP contribution in [0.2, 0.25) is 0 Å². The summed E-state index contributed by atoms with van der Waals surface area (Å²) in [4.78, 5) is 36.0. The fraction of sp³-hybridized carbons (Fsp3) is 0.241. The predicted octanol–water partition coefficient (Wildman–Crippen LogP) is 6.33. The molecule has 1 fully saturated rings. The van der Waals surface area contributed by atoms with Crippen molar-refractivity contribution in [2.45, 2.75) is 32.7 Å². The number of nitrogens with one attached hydrogen (secondary N) is 2. The molecular formula is C29H28F2N6O3. The van der Waals surface area contributed by atoms with Gasteiger partial charge in [0.15, 0.2) is 11.6 Å². The molecule has 0 saturated carbocycles. The molecule has 0 unspecified atom stereocenters. The van der Waals surface area contributed by atoms with E-state index < -0.39 is 5.82 Å². The van der Waals surface area contributed by atoms with E-state index in [0.717, 1.165) is 12.8 Å². The van der Waals surface area contributed by atoms with Crippen molar-refractivity contribution in [3.63, 3.8) is 0 Å². The van der Waals surface area contributed by atoms with Gasteiger partial charge in [-0.05, 0) is 74.7 Å². The molecule has 206 valence electrons. The van der Waals surface area contributed by atoms with Gasteiger partial charge in [0.05, 0.1) is 5.56 Å². The van der Waals surface area contributed by atoms with Crippen molar-refractivity contribution in [2.75, 3.05) is 23.7 Å². The number of aromatic nitrogens is 3. The molecule has 4 aromatic rings. The number of halogens is 2. The van der Waals surface area contributed by atoms with Gasteiger partial charge in [-0.1, -0.05) is 6.07 Å². The van der Waals surface area contributed by atoms with Gasteiger partial charge < -0.3 is 15.0 Å². The first-order valence-electron chi connectivity index (χ1n) is 12.9. The Morgan fingerprint density at radius 3 is 2.45 bits per heavy atom. The van der Waals surface area contributed by atoms with Crippen molar-refractivity contribution in [2.24, 2.45) is 0 Å². The number of pyridine rings is 1. The maximum absolute atomic E-state index is 15.1. The van der Waals surface area contributed by atoms with E-state index in [1.165, 1.54) is 47.3 Å². The molecule has 11 heteroatoms. The first-order valence-corrected chi connectivity index (χ1v) is 12.9. The Labute approximate surface area is 229 Å². The summed E-state index contributed by atoms with van der Waals surface area (Å²) in [6.07, 6.45) is 4.78. The summed E-state index contributed by atoms with van der Waals surface area (Å²) in [5, 5.41) is 5.77. The Balaban J connectivity index is 1.36. The van der Waals surface area contributed by atoms with Crippen LogP contribution in [0, 0.1) is 11.6 Å². The SMILES string of the molecule is CC(C)n1c(Nc2ccc(F)cc2)ncc(-c2ccc(Oc3ccnc(NC(=O)N4CCCC4)c3)c(F)c2)c1=O. The Kier molecular flexibility index (Phi) is 7.72. The molecule has 2 amide bonds. The van der Waals surface area contributed by atoms with Gasteiger partial charge in [0.2, 0.25) is 5.95 Å². The highest BCUT2D eigenvalue weighted by atomic mass is 19.1. The molecule has 2 aromatic heterocycles. The lowest BCUT2D eigenvalue weighted by Crippen LogP contribution is -2.32. The number of benzene rings is 2. The molecule has 2 N–H and O–H groups in total. The van der Waals surface area contributed by atoms with E-state index in [-0.39, 0.29) is 40.7 Å². The minimum absolute atomic E-state index is 0.0569. The standard InChI is InChI=1S/C29H28F2N6O3/c1-18(2)37-27(38)23(17-33-28(37)34-21-8-6-20(30)7-9-21)19-5-10-25(24(31)15-19)40-22-11-12-32-26(16-22)35-29(39)36-13-3-4-14-36/h5-12,15-18H,3-4,13-14H2,1-2H3,(H,33,34)(H,32,35,39). The summed E-state index contributed by atoms with van der Waals surface area (Å²) in [7, 11) is 0. The molecule has 1 aliphatic heterocycles. The highest BCUT2D eigenvalue weighted by Gasteiger charge is 2.19. The third-order valence-electron chi connectivity index (χ3n) is 6.44. The van der Waals surface area contributed by atoms with Crippen LogP contribution in [0.5, 0.6) is 11.5 Å². The first-order chi connectivity index (χ1) is 19.3. The zero-order chi connectivity index (χ0) is 28.2. The summed E-state index contributed by atoms with van der Waals surface area (Å²) in [6.45, 7) is 5.06. The second kappa shape index (κ2) is 11.5. The first kappa shape index (κ1) is 26.8. The van der Waals surface area contributed by atoms with E-state index in [1.807, 2.05) is 13.8 Å². The number of likely N-dealkylation sites (tertiary alicyclic amines) is 1. The molecule has 5 rings (SSSR count). The minimum Gasteiger partial charge on any atom is -0.454 e. The molecule has 1 aliphatic rings. The Morgan fingerprint density at radius 2 is 1.75 bits per heavy atom. The number of amides is 2. The van der Waals surface area contributed by atoms with Gasteiger partial charge in [-0.15, -0.1) is 0 Å². The van der Waals surface area contributed by atoms with Crippen molar-refractivity contribution in [1.29, 1.82) is 0 Å². The normalized spacial score (nSPS) is 13.0. The molecule has 0 aliphatic carbocycles. The Bertz CT molecular complexity index is 1580. The van der Waals surface area contributed by atoms with Gasteiger partial charge in [0, 0.05) is 43.3 Å². The van der Waals surface area contributed by atoms with Crippen molar-refractivity contribution >= 4 is 23.5 Å². The maximum Gasteiger partial charge on any atom is 0.323 e. The number of urea groups is 1. The van der Waals surface area contributed by atoms with E-state index in [0.29, 0.717) is 35.9 Å². The lowest BCUT2D eigenvalue weighted by Gasteiger charge is -2.18. The van der Waals surface area contributed by atoms with Gasteiger partial charge in [0.25, 0.3) is 5.56 Å². The molecule has 1 saturated heterocycles. The van der Waals surface area contributed by atoms with Crippen molar-refractivity contribution < 1.29 is 18.3 Å². The second-order valence-electron chi connectivity index (χ2n) is 9.64. The number of hydrogen-bond acceptors (Lipinski definition) is 6. The zero-order valence-corrected chi connectivity index (χ0v) is 22.0. The number of anilines is 3. The Morgan fingerprint density at radius 1 is 1.00 bits per heavy atom. The molecule has 9 nitrogen and oxygen atoms in total. The summed E-state index contributed by atoms with van der Waals surface area (Å²) in [6, 6.07) is 12.5. The lowest BCUT2D eigenvalue weighted by molar-refractivity contribution is 0.222. The molecule has 0 radical (unpaired) electrons. The van der Waals surface area contributed by atoms with Crippen molar-refractivity contribution in [3.05, 3.63) is 89.0 Å². The van der Waals surface area contributed by atoms with Crippen LogP contribution in [0.1, 0.15) is 32.7 Å². The summed E-state index contributed by atoms with van der Waals surface area (Å²) in [5.41, 5.74) is 0.742. The van der Waals surface area contributed by atoms with Crippen LogP contribution >= 0.6 is 0 Å². The average Bonchev–Trinajstić information content (AvgIpc) is 3.47. The molecule has 2 aromatic carbocycles. The molecule has 40 heavy (non-hydrogen) atoms. The predicted molar refractivity (Wildman–Crippen MR) is 148 cm³/mol. The summed E-state index contributed by atoms with van der Waals surface area (Å²) in [5.74, 6) is -0.252. The van der Waals surface area contributed by atoms with Crippen LogP contribution in [0.4, 0.5) is 31.0 Å². The quantitative estimate of drug-likeness (QED) is 0.281. The van der Waals surface area contributed by atoms with E-state index >= 15 is 4.39 Å². The van der Waals surface area contributed by atoms with E-state index in [9.17, 15) is 14.0 Å². The van der Waals surface area contributed by atoms with E-state index in [4.69, 9.17) is 4.74 Å². The van der Waals surface area contributed by atoms with Gasteiger partial charge >= 0.3 is 6.03 Å². The topological polar surface area (TPSA) is 101 Å². The molecule has 0 spiro atoms. The fourth-order valence-corrected chi connectivity index (χ4v) is 4.43. The van der Waals surface area contributed by atoms with Crippen LogP contribution in [0.25, 0.3) is 11.1 Å². The van der Waals surface area contributed by atoms with Gasteiger partial charge in [-0.2, -0.15) is 0 Å². The number of rotatable bonds is 7. The third kappa shape index (κ3) is 5.93. The maximum atomic E-state index is 15.1. The molecular weight excluding hydrogens is 518 g/mol. The van der Waals surface area contributed by atoms with Crippen LogP contribution < -0.4 is 20.9 Å². The van der Waals surface area contributed by atoms with Crippen molar-refractivity contribution in [1.82, 2.24) is 19.4 Å². The molecule has 3 heterocycles. The van der Waals surface area contributed by atoms with Gasteiger partial charge in [-0.3, -0.25) is 14.7 Å². The third-order valence-corrected chi connectivity index (χ3v) is 6.44.